The van der Waals surface area contributed by atoms with Gasteiger partial charge in [0, 0.05) is 5.56 Å². The van der Waals surface area contributed by atoms with Crippen molar-refractivity contribution in [2.24, 2.45) is 0 Å². The summed E-state index contributed by atoms with van der Waals surface area (Å²) in [7, 11) is 0. The normalized spacial score (nSPS) is 20.5. The van der Waals surface area contributed by atoms with Crippen molar-refractivity contribution in [1.29, 1.82) is 0 Å². The standard InChI is InChI=1S/C8H6FNO2/c9-4-1-2-5-6(3-4)10-8(12)7(5)11/h1-3,7,11H,(H,10,12)/t7-/m0/s1. The van der Waals surface area contributed by atoms with Gasteiger partial charge in [0.25, 0.3) is 5.91 Å². The molecule has 0 unspecified atom stereocenters. The van der Waals surface area contributed by atoms with E-state index in [2.05, 4.69) is 5.32 Å². The van der Waals surface area contributed by atoms with Crippen molar-refractivity contribution in [3.05, 3.63) is 29.6 Å². The van der Waals surface area contributed by atoms with Crippen LogP contribution in [0.2, 0.25) is 0 Å². The van der Waals surface area contributed by atoms with Crippen LogP contribution in [0.5, 0.6) is 0 Å². The predicted molar refractivity (Wildman–Crippen MR) is 40.0 cm³/mol. The number of halogens is 1. The predicted octanol–water partition coefficient (Wildman–Crippen LogP) is 0.811. The fraction of sp³-hybridized carbons (Fsp3) is 0.125. The number of benzene rings is 1. The molecule has 0 bridgehead atoms. The average molecular weight is 167 g/mol. The number of fused-ring (bicyclic) bond motifs is 1. The fourth-order valence-electron chi connectivity index (χ4n) is 1.22. The molecule has 1 aromatic carbocycles. The number of rotatable bonds is 0. The molecule has 1 aromatic rings. The highest BCUT2D eigenvalue weighted by Crippen LogP contribution is 2.30. The molecule has 0 aliphatic carbocycles. The van der Waals surface area contributed by atoms with E-state index in [-0.39, 0.29) is 0 Å². The van der Waals surface area contributed by atoms with E-state index in [1.165, 1.54) is 18.2 Å². The number of carbonyl (C=O) groups excluding carboxylic acids is 1. The van der Waals surface area contributed by atoms with Crippen molar-refractivity contribution in [2.45, 2.75) is 6.10 Å². The highest BCUT2D eigenvalue weighted by Gasteiger charge is 2.28. The SMILES string of the molecule is O=C1Nc2cc(F)ccc2[C@@H]1O. The molecule has 0 radical (unpaired) electrons. The van der Waals surface area contributed by atoms with Gasteiger partial charge in [0.15, 0.2) is 6.10 Å². The Kier molecular flexibility index (Phi) is 1.38. The van der Waals surface area contributed by atoms with Gasteiger partial charge < -0.3 is 10.4 Å². The summed E-state index contributed by atoms with van der Waals surface area (Å²) in [5.74, 6) is -0.932. The molecule has 4 heteroatoms. The summed E-state index contributed by atoms with van der Waals surface area (Å²) >= 11 is 0. The van der Waals surface area contributed by atoms with Crippen LogP contribution in [0, 0.1) is 5.82 Å². The molecule has 0 saturated heterocycles. The van der Waals surface area contributed by atoms with Gasteiger partial charge in [0.1, 0.15) is 5.82 Å². The molecule has 3 nitrogen and oxygen atoms in total. The van der Waals surface area contributed by atoms with Crippen molar-refractivity contribution < 1.29 is 14.3 Å². The Labute approximate surface area is 67.8 Å². The molecular formula is C8H6FNO2. The van der Waals surface area contributed by atoms with Crippen LogP contribution < -0.4 is 5.32 Å². The van der Waals surface area contributed by atoms with Crippen LogP contribution >= 0.6 is 0 Å². The summed E-state index contributed by atoms with van der Waals surface area (Å²) in [4.78, 5) is 10.9. The van der Waals surface area contributed by atoms with Gasteiger partial charge in [0.05, 0.1) is 5.69 Å². The quantitative estimate of drug-likeness (QED) is 0.600. The molecule has 1 heterocycles. The molecular weight excluding hydrogens is 161 g/mol. The molecule has 1 amide bonds. The Morgan fingerprint density at radius 3 is 3.00 bits per heavy atom. The molecule has 2 N–H and O–H groups in total. The molecule has 62 valence electrons. The molecule has 1 atom stereocenters. The van der Waals surface area contributed by atoms with Gasteiger partial charge in [0.2, 0.25) is 0 Å². The van der Waals surface area contributed by atoms with E-state index in [1.807, 2.05) is 0 Å². The maximum atomic E-state index is 12.6. The van der Waals surface area contributed by atoms with Gasteiger partial charge in [-0.1, -0.05) is 6.07 Å². The van der Waals surface area contributed by atoms with Gasteiger partial charge in [-0.05, 0) is 12.1 Å². The Morgan fingerprint density at radius 2 is 2.25 bits per heavy atom. The van der Waals surface area contributed by atoms with E-state index < -0.39 is 17.8 Å². The minimum Gasteiger partial charge on any atom is -0.378 e. The fourth-order valence-corrected chi connectivity index (χ4v) is 1.22. The zero-order valence-electron chi connectivity index (χ0n) is 6.04. The first-order chi connectivity index (χ1) is 5.68. The molecule has 1 aliphatic heterocycles. The third-order valence-corrected chi connectivity index (χ3v) is 1.82. The second-order valence-corrected chi connectivity index (χ2v) is 2.62. The Balaban J connectivity index is 2.54. The number of anilines is 1. The van der Waals surface area contributed by atoms with Crippen LogP contribution in [-0.2, 0) is 4.79 Å². The molecule has 0 fully saturated rings. The lowest BCUT2D eigenvalue weighted by molar-refractivity contribution is -0.123. The van der Waals surface area contributed by atoms with Gasteiger partial charge in [-0.15, -0.1) is 0 Å². The summed E-state index contributed by atoms with van der Waals surface area (Å²) < 4.78 is 12.6. The molecule has 0 aromatic heterocycles. The molecule has 0 spiro atoms. The number of aliphatic hydroxyl groups is 1. The zero-order valence-corrected chi connectivity index (χ0v) is 6.04. The molecule has 1 aliphatic rings. The second kappa shape index (κ2) is 2.28. The monoisotopic (exact) mass is 167 g/mol. The first kappa shape index (κ1) is 7.24. The third-order valence-electron chi connectivity index (χ3n) is 1.82. The first-order valence-electron chi connectivity index (χ1n) is 3.47. The molecule has 12 heavy (non-hydrogen) atoms. The lowest BCUT2D eigenvalue weighted by atomic mass is 10.1. The van der Waals surface area contributed by atoms with Crippen LogP contribution in [0.15, 0.2) is 18.2 Å². The second-order valence-electron chi connectivity index (χ2n) is 2.62. The topological polar surface area (TPSA) is 49.3 Å². The van der Waals surface area contributed by atoms with Crippen LogP contribution in [0.3, 0.4) is 0 Å². The van der Waals surface area contributed by atoms with E-state index in [0.717, 1.165) is 0 Å². The van der Waals surface area contributed by atoms with Crippen LogP contribution in [0.4, 0.5) is 10.1 Å². The van der Waals surface area contributed by atoms with Gasteiger partial charge in [-0.2, -0.15) is 0 Å². The first-order valence-corrected chi connectivity index (χ1v) is 3.47. The lowest BCUT2D eigenvalue weighted by Gasteiger charge is -1.98. The van der Waals surface area contributed by atoms with Crippen molar-refractivity contribution in [3.63, 3.8) is 0 Å². The zero-order chi connectivity index (χ0) is 8.72. The number of amides is 1. The van der Waals surface area contributed by atoms with Gasteiger partial charge in [-0.25, -0.2) is 4.39 Å². The minimum atomic E-state index is -1.15. The largest absolute Gasteiger partial charge is 0.378 e. The lowest BCUT2D eigenvalue weighted by Crippen LogP contribution is -2.10. The summed E-state index contributed by atoms with van der Waals surface area (Å²) in [6.45, 7) is 0. The van der Waals surface area contributed by atoms with E-state index in [1.54, 1.807) is 0 Å². The number of hydrogen-bond donors (Lipinski definition) is 2. The van der Waals surface area contributed by atoms with Crippen molar-refractivity contribution in [2.75, 3.05) is 5.32 Å². The third kappa shape index (κ3) is 0.887. The molecule has 0 saturated carbocycles. The summed E-state index contributed by atoms with van der Waals surface area (Å²) in [5.41, 5.74) is 0.786. The maximum absolute atomic E-state index is 12.6. The van der Waals surface area contributed by atoms with Gasteiger partial charge >= 0.3 is 0 Å². The van der Waals surface area contributed by atoms with E-state index >= 15 is 0 Å². The van der Waals surface area contributed by atoms with Crippen molar-refractivity contribution >= 4 is 11.6 Å². The summed E-state index contributed by atoms with van der Waals surface area (Å²) in [5, 5.41) is 11.6. The molecule has 2 rings (SSSR count). The summed E-state index contributed by atoms with van der Waals surface area (Å²) in [6, 6.07) is 3.79. The Hall–Kier alpha value is -1.42. The number of nitrogens with one attached hydrogen (secondary N) is 1. The van der Waals surface area contributed by atoms with E-state index in [4.69, 9.17) is 0 Å². The van der Waals surface area contributed by atoms with E-state index in [0.29, 0.717) is 11.3 Å². The van der Waals surface area contributed by atoms with E-state index in [9.17, 15) is 14.3 Å². The van der Waals surface area contributed by atoms with Crippen molar-refractivity contribution in [1.82, 2.24) is 0 Å². The highest BCUT2D eigenvalue weighted by atomic mass is 19.1. The van der Waals surface area contributed by atoms with Crippen molar-refractivity contribution in [3.8, 4) is 0 Å². The highest BCUT2D eigenvalue weighted by molar-refractivity contribution is 6.01. The Morgan fingerprint density at radius 1 is 1.50 bits per heavy atom. The summed E-state index contributed by atoms with van der Waals surface area (Å²) in [6.07, 6.45) is -1.15. The van der Waals surface area contributed by atoms with Crippen LogP contribution in [-0.4, -0.2) is 11.0 Å². The van der Waals surface area contributed by atoms with Gasteiger partial charge in [-0.3, -0.25) is 4.79 Å². The average Bonchev–Trinajstić information content (AvgIpc) is 2.28. The maximum Gasteiger partial charge on any atom is 0.257 e. The van der Waals surface area contributed by atoms with Crippen LogP contribution in [0.1, 0.15) is 11.7 Å². The number of carbonyl (C=O) groups is 1. The number of aliphatic hydroxyl groups excluding tert-OH is 1. The minimum absolute atomic E-state index is 0.354. The number of hydrogen-bond acceptors (Lipinski definition) is 2. The smallest absolute Gasteiger partial charge is 0.257 e. The Bertz CT molecular complexity index is 351. The van der Waals surface area contributed by atoms with Crippen LogP contribution in [0.25, 0.3) is 0 Å².